The largest absolute Gasteiger partial charge is 0.377 e. The SMILES string of the molecule is CNc1cc(N2CCN(C)CC2C)nc(COC)n1. The first-order valence-electron chi connectivity index (χ1n) is 6.64. The number of hydrogen-bond acceptors (Lipinski definition) is 6. The molecular weight excluding hydrogens is 242 g/mol. The zero-order chi connectivity index (χ0) is 13.8. The number of anilines is 2. The Morgan fingerprint density at radius 3 is 2.84 bits per heavy atom. The number of methoxy groups -OCH3 is 1. The molecule has 6 heteroatoms. The maximum atomic E-state index is 5.13. The van der Waals surface area contributed by atoms with Crippen molar-refractivity contribution in [2.24, 2.45) is 0 Å². The third-order valence-corrected chi connectivity index (χ3v) is 3.41. The zero-order valence-corrected chi connectivity index (χ0v) is 12.2. The molecule has 1 aliphatic rings. The van der Waals surface area contributed by atoms with E-state index in [0.717, 1.165) is 37.1 Å². The highest BCUT2D eigenvalue weighted by Crippen LogP contribution is 2.20. The van der Waals surface area contributed by atoms with Crippen LogP contribution in [0.15, 0.2) is 6.07 Å². The van der Waals surface area contributed by atoms with Crippen molar-refractivity contribution in [3.63, 3.8) is 0 Å². The third kappa shape index (κ3) is 3.33. The Morgan fingerprint density at radius 2 is 2.21 bits per heavy atom. The second-order valence-corrected chi connectivity index (χ2v) is 5.02. The molecule has 0 amide bonds. The van der Waals surface area contributed by atoms with Crippen molar-refractivity contribution in [2.75, 3.05) is 51.1 Å². The lowest BCUT2D eigenvalue weighted by Crippen LogP contribution is -2.50. The van der Waals surface area contributed by atoms with Gasteiger partial charge in [0.2, 0.25) is 0 Å². The summed E-state index contributed by atoms with van der Waals surface area (Å²) in [6.07, 6.45) is 0. The van der Waals surface area contributed by atoms with E-state index in [2.05, 4.69) is 39.1 Å². The number of nitrogens with zero attached hydrogens (tertiary/aromatic N) is 4. The second-order valence-electron chi connectivity index (χ2n) is 5.02. The first-order valence-corrected chi connectivity index (χ1v) is 6.64. The van der Waals surface area contributed by atoms with Crippen LogP contribution in [0, 0.1) is 0 Å². The lowest BCUT2D eigenvalue weighted by atomic mass is 10.2. The molecule has 0 aromatic carbocycles. The first kappa shape index (κ1) is 14.0. The number of aromatic nitrogens is 2. The Kier molecular flexibility index (Phi) is 4.55. The maximum Gasteiger partial charge on any atom is 0.158 e. The molecule has 19 heavy (non-hydrogen) atoms. The van der Waals surface area contributed by atoms with Gasteiger partial charge in [0.1, 0.15) is 18.2 Å². The van der Waals surface area contributed by atoms with Gasteiger partial charge >= 0.3 is 0 Å². The molecule has 1 N–H and O–H groups in total. The molecule has 0 radical (unpaired) electrons. The number of rotatable bonds is 4. The lowest BCUT2D eigenvalue weighted by Gasteiger charge is -2.39. The van der Waals surface area contributed by atoms with Crippen LogP contribution in [0.4, 0.5) is 11.6 Å². The summed E-state index contributed by atoms with van der Waals surface area (Å²) in [5, 5.41) is 3.09. The minimum atomic E-state index is 0.435. The summed E-state index contributed by atoms with van der Waals surface area (Å²) in [5.41, 5.74) is 0. The molecule has 1 aromatic rings. The molecule has 1 saturated heterocycles. The average Bonchev–Trinajstić information content (AvgIpc) is 2.38. The van der Waals surface area contributed by atoms with Crippen LogP contribution < -0.4 is 10.2 Å². The smallest absolute Gasteiger partial charge is 0.158 e. The average molecular weight is 265 g/mol. The van der Waals surface area contributed by atoms with Gasteiger partial charge in [-0.05, 0) is 14.0 Å². The standard InChI is InChI=1S/C13H23N5O/c1-10-8-17(3)5-6-18(10)13-7-11(14-2)15-12(16-13)9-19-4/h7,10H,5-6,8-9H2,1-4H3,(H,14,15,16). The normalized spacial score (nSPS) is 20.6. The van der Waals surface area contributed by atoms with Gasteiger partial charge in [-0.1, -0.05) is 0 Å². The van der Waals surface area contributed by atoms with Crippen molar-refractivity contribution in [3.05, 3.63) is 11.9 Å². The molecular formula is C13H23N5O. The van der Waals surface area contributed by atoms with Gasteiger partial charge < -0.3 is 19.9 Å². The predicted octanol–water partition coefficient (Wildman–Crippen LogP) is 0.805. The monoisotopic (exact) mass is 265 g/mol. The quantitative estimate of drug-likeness (QED) is 0.869. The molecule has 1 atom stereocenters. The minimum absolute atomic E-state index is 0.435. The number of likely N-dealkylation sites (N-methyl/N-ethyl adjacent to an activating group) is 1. The molecule has 1 fully saturated rings. The number of ether oxygens (including phenoxy) is 1. The highest BCUT2D eigenvalue weighted by atomic mass is 16.5. The van der Waals surface area contributed by atoms with Crippen LogP contribution in [0.1, 0.15) is 12.7 Å². The van der Waals surface area contributed by atoms with Crippen molar-refractivity contribution in [1.82, 2.24) is 14.9 Å². The van der Waals surface area contributed by atoms with E-state index in [0.29, 0.717) is 12.6 Å². The van der Waals surface area contributed by atoms with E-state index in [1.807, 2.05) is 13.1 Å². The summed E-state index contributed by atoms with van der Waals surface area (Å²) < 4.78 is 5.13. The predicted molar refractivity (Wildman–Crippen MR) is 76.6 cm³/mol. The molecule has 1 unspecified atom stereocenters. The van der Waals surface area contributed by atoms with Crippen LogP contribution in [0.2, 0.25) is 0 Å². The molecule has 2 heterocycles. The van der Waals surface area contributed by atoms with E-state index in [1.54, 1.807) is 7.11 Å². The minimum Gasteiger partial charge on any atom is -0.377 e. The van der Waals surface area contributed by atoms with Crippen molar-refractivity contribution in [1.29, 1.82) is 0 Å². The highest BCUT2D eigenvalue weighted by Gasteiger charge is 2.23. The van der Waals surface area contributed by atoms with E-state index < -0.39 is 0 Å². The van der Waals surface area contributed by atoms with Crippen LogP contribution in [0.25, 0.3) is 0 Å². The number of nitrogens with one attached hydrogen (secondary N) is 1. The summed E-state index contributed by atoms with van der Waals surface area (Å²) >= 11 is 0. The van der Waals surface area contributed by atoms with Gasteiger partial charge in [-0.25, -0.2) is 9.97 Å². The molecule has 0 spiro atoms. The molecule has 0 aliphatic carbocycles. The van der Waals surface area contributed by atoms with Crippen LogP contribution in [0.5, 0.6) is 0 Å². The lowest BCUT2D eigenvalue weighted by molar-refractivity contribution is 0.178. The summed E-state index contributed by atoms with van der Waals surface area (Å²) in [4.78, 5) is 13.7. The van der Waals surface area contributed by atoms with Gasteiger partial charge in [-0.15, -0.1) is 0 Å². The van der Waals surface area contributed by atoms with Gasteiger partial charge in [0.15, 0.2) is 5.82 Å². The van der Waals surface area contributed by atoms with E-state index in [1.165, 1.54) is 0 Å². The van der Waals surface area contributed by atoms with Gasteiger partial charge in [0, 0.05) is 45.9 Å². The Morgan fingerprint density at radius 1 is 1.42 bits per heavy atom. The Bertz CT molecular complexity index is 425. The number of piperazine rings is 1. The molecule has 2 rings (SSSR count). The Balaban J connectivity index is 2.25. The maximum absolute atomic E-state index is 5.13. The van der Waals surface area contributed by atoms with E-state index in [4.69, 9.17) is 4.74 Å². The second kappa shape index (κ2) is 6.16. The van der Waals surface area contributed by atoms with Crippen LogP contribution in [0.3, 0.4) is 0 Å². The fourth-order valence-corrected chi connectivity index (χ4v) is 2.43. The van der Waals surface area contributed by atoms with E-state index in [9.17, 15) is 0 Å². The van der Waals surface area contributed by atoms with Gasteiger partial charge in [-0.2, -0.15) is 0 Å². The van der Waals surface area contributed by atoms with Gasteiger partial charge in [-0.3, -0.25) is 0 Å². The highest BCUT2D eigenvalue weighted by molar-refractivity contribution is 5.50. The van der Waals surface area contributed by atoms with Crippen LogP contribution in [-0.4, -0.2) is 61.7 Å². The summed E-state index contributed by atoms with van der Waals surface area (Å²) in [6.45, 7) is 5.77. The van der Waals surface area contributed by atoms with Crippen molar-refractivity contribution in [2.45, 2.75) is 19.6 Å². The zero-order valence-electron chi connectivity index (χ0n) is 12.2. The summed E-state index contributed by atoms with van der Waals surface area (Å²) in [5.74, 6) is 2.53. The van der Waals surface area contributed by atoms with Crippen molar-refractivity contribution < 1.29 is 4.74 Å². The van der Waals surface area contributed by atoms with Gasteiger partial charge in [0.05, 0.1) is 0 Å². The Labute approximate surface area is 114 Å². The summed E-state index contributed by atoms with van der Waals surface area (Å²) in [7, 11) is 5.69. The van der Waals surface area contributed by atoms with E-state index in [-0.39, 0.29) is 0 Å². The fraction of sp³-hybridized carbons (Fsp3) is 0.692. The third-order valence-electron chi connectivity index (χ3n) is 3.41. The Hall–Kier alpha value is -1.40. The molecule has 0 saturated carbocycles. The molecule has 106 valence electrons. The van der Waals surface area contributed by atoms with Crippen LogP contribution in [-0.2, 0) is 11.3 Å². The fourth-order valence-electron chi connectivity index (χ4n) is 2.43. The van der Waals surface area contributed by atoms with Crippen molar-refractivity contribution >= 4 is 11.6 Å². The first-order chi connectivity index (χ1) is 9.13. The topological polar surface area (TPSA) is 53.5 Å². The van der Waals surface area contributed by atoms with Gasteiger partial charge in [0.25, 0.3) is 0 Å². The summed E-state index contributed by atoms with van der Waals surface area (Å²) in [6, 6.07) is 2.45. The molecule has 1 aliphatic heterocycles. The van der Waals surface area contributed by atoms with E-state index >= 15 is 0 Å². The van der Waals surface area contributed by atoms with Crippen molar-refractivity contribution in [3.8, 4) is 0 Å². The molecule has 1 aromatic heterocycles. The van der Waals surface area contributed by atoms with Crippen LogP contribution >= 0.6 is 0 Å². The molecule has 0 bridgehead atoms. The number of hydrogen-bond donors (Lipinski definition) is 1. The molecule has 6 nitrogen and oxygen atoms in total.